The molecule has 90 valence electrons. The van der Waals surface area contributed by atoms with Crippen LogP contribution in [-0.4, -0.2) is 50.0 Å². The Balaban J connectivity index is 2.31. The number of aliphatic hydroxyl groups is 1. The number of tetrazole rings is 1. The lowest BCUT2D eigenvalue weighted by Gasteiger charge is -2.14. The summed E-state index contributed by atoms with van der Waals surface area (Å²) in [7, 11) is 0. The van der Waals surface area contributed by atoms with Gasteiger partial charge >= 0.3 is 6.18 Å². The van der Waals surface area contributed by atoms with Gasteiger partial charge in [0, 0.05) is 0 Å². The van der Waals surface area contributed by atoms with E-state index in [1.807, 2.05) is 5.32 Å². The van der Waals surface area contributed by atoms with Crippen LogP contribution in [0.1, 0.15) is 0 Å². The fourth-order valence-corrected chi connectivity index (χ4v) is 0.782. The van der Waals surface area contributed by atoms with Gasteiger partial charge in [-0.05, 0) is 10.4 Å². The first kappa shape index (κ1) is 12.4. The minimum absolute atomic E-state index is 0.308. The van der Waals surface area contributed by atoms with Gasteiger partial charge in [-0.1, -0.05) is 0 Å². The maximum atomic E-state index is 11.8. The van der Waals surface area contributed by atoms with E-state index >= 15 is 0 Å². The second-order valence-corrected chi connectivity index (χ2v) is 2.87. The predicted octanol–water partition coefficient (Wildman–Crippen LogP) is -1.29. The van der Waals surface area contributed by atoms with Crippen molar-refractivity contribution in [2.75, 3.05) is 6.54 Å². The number of amides is 1. The Kier molecular flexibility index (Phi) is 3.77. The molecule has 0 aromatic carbocycles. The van der Waals surface area contributed by atoms with Crippen molar-refractivity contribution in [3.63, 3.8) is 0 Å². The SMILES string of the molecule is O=C(Cn1cnnn1)NCC(O)C(F)(F)F. The van der Waals surface area contributed by atoms with Gasteiger partial charge in [-0.2, -0.15) is 13.2 Å². The van der Waals surface area contributed by atoms with Crippen LogP contribution in [0.5, 0.6) is 0 Å². The molecule has 0 aliphatic rings. The first-order valence-electron chi connectivity index (χ1n) is 4.12. The molecule has 1 amide bonds. The molecule has 0 radical (unpaired) electrons. The highest BCUT2D eigenvalue weighted by atomic mass is 19.4. The first-order chi connectivity index (χ1) is 7.39. The third kappa shape index (κ3) is 3.81. The molecule has 1 rings (SSSR count). The van der Waals surface area contributed by atoms with E-state index in [4.69, 9.17) is 5.11 Å². The molecule has 16 heavy (non-hydrogen) atoms. The molecule has 1 aromatic rings. The topological polar surface area (TPSA) is 92.9 Å². The van der Waals surface area contributed by atoms with Gasteiger partial charge in [-0.25, -0.2) is 4.68 Å². The Morgan fingerprint density at radius 3 is 2.75 bits per heavy atom. The van der Waals surface area contributed by atoms with Crippen LogP contribution in [0.25, 0.3) is 0 Å². The Labute approximate surface area is 87.2 Å². The number of alkyl halides is 3. The standard InChI is InChI=1S/C6H8F3N5O2/c7-6(8,9)4(15)1-10-5(16)2-14-3-11-12-13-14/h3-4,15H,1-2H2,(H,10,16). The molecule has 1 aromatic heterocycles. The van der Waals surface area contributed by atoms with E-state index < -0.39 is 24.7 Å². The van der Waals surface area contributed by atoms with Crippen molar-refractivity contribution >= 4 is 5.91 Å². The Morgan fingerprint density at radius 1 is 1.56 bits per heavy atom. The monoisotopic (exact) mass is 239 g/mol. The lowest BCUT2D eigenvalue weighted by molar-refractivity contribution is -0.201. The second-order valence-electron chi connectivity index (χ2n) is 2.87. The zero-order valence-corrected chi connectivity index (χ0v) is 7.85. The summed E-state index contributed by atoms with van der Waals surface area (Å²) in [6, 6.07) is 0. The molecule has 0 spiro atoms. The summed E-state index contributed by atoms with van der Waals surface area (Å²) in [4.78, 5) is 11.0. The van der Waals surface area contributed by atoms with E-state index in [-0.39, 0.29) is 6.54 Å². The van der Waals surface area contributed by atoms with Crippen molar-refractivity contribution in [2.45, 2.75) is 18.8 Å². The third-order valence-electron chi connectivity index (χ3n) is 1.57. The first-order valence-corrected chi connectivity index (χ1v) is 4.12. The highest BCUT2D eigenvalue weighted by Gasteiger charge is 2.38. The van der Waals surface area contributed by atoms with Crippen LogP contribution >= 0.6 is 0 Å². The highest BCUT2D eigenvalue weighted by molar-refractivity contribution is 5.75. The molecule has 1 heterocycles. The molecule has 0 saturated heterocycles. The van der Waals surface area contributed by atoms with E-state index in [2.05, 4.69) is 15.5 Å². The van der Waals surface area contributed by atoms with Gasteiger partial charge in [0.2, 0.25) is 5.91 Å². The Hall–Kier alpha value is -1.71. The summed E-state index contributed by atoms with van der Waals surface area (Å²) >= 11 is 0. The van der Waals surface area contributed by atoms with Gasteiger partial charge in [0.15, 0.2) is 6.10 Å². The number of aliphatic hydroxyl groups excluding tert-OH is 1. The van der Waals surface area contributed by atoms with Crippen LogP contribution in [0.15, 0.2) is 6.33 Å². The molecule has 1 unspecified atom stereocenters. The summed E-state index contributed by atoms with van der Waals surface area (Å²) in [5.74, 6) is -0.726. The minimum atomic E-state index is -4.75. The van der Waals surface area contributed by atoms with Crippen LogP contribution in [0.3, 0.4) is 0 Å². The van der Waals surface area contributed by atoms with Crippen LogP contribution in [-0.2, 0) is 11.3 Å². The zero-order valence-electron chi connectivity index (χ0n) is 7.85. The summed E-state index contributed by atoms with van der Waals surface area (Å²) in [6.07, 6.45) is -6.19. The molecular formula is C6H8F3N5O2. The maximum absolute atomic E-state index is 11.8. The molecule has 7 nitrogen and oxygen atoms in total. The quantitative estimate of drug-likeness (QED) is 0.682. The van der Waals surface area contributed by atoms with Crippen molar-refractivity contribution in [3.8, 4) is 0 Å². The number of hydrogen-bond acceptors (Lipinski definition) is 5. The van der Waals surface area contributed by atoms with Crippen LogP contribution in [0.4, 0.5) is 13.2 Å². The largest absolute Gasteiger partial charge is 0.416 e. The highest BCUT2D eigenvalue weighted by Crippen LogP contribution is 2.18. The number of rotatable bonds is 4. The zero-order chi connectivity index (χ0) is 12.2. The number of hydrogen-bond donors (Lipinski definition) is 2. The fourth-order valence-electron chi connectivity index (χ4n) is 0.782. The van der Waals surface area contributed by atoms with E-state index in [0.717, 1.165) is 11.0 Å². The van der Waals surface area contributed by atoms with Crippen molar-refractivity contribution < 1.29 is 23.1 Å². The number of carbonyl (C=O) groups excluding carboxylic acids is 1. The number of halogens is 3. The Bertz CT molecular complexity index is 338. The summed E-state index contributed by atoms with van der Waals surface area (Å²) in [6.45, 7) is -1.21. The average Bonchev–Trinajstić information content (AvgIpc) is 2.65. The van der Waals surface area contributed by atoms with Crippen molar-refractivity contribution in [1.29, 1.82) is 0 Å². The molecule has 0 fully saturated rings. The minimum Gasteiger partial charge on any atom is -0.382 e. The molecule has 0 bridgehead atoms. The molecule has 0 aliphatic carbocycles. The van der Waals surface area contributed by atoms with E-state index in [1.54, 1.807) is 0 Å². The van der Waals surface area contributed by atoms with Gasteiger partial charge in [-0.15, -0.1) is 5.10 Å². The fraction of sp³-hybridized carbons (Fsp3) is 0.667. The molecule has 0 saturated carbocycles. The smallest absolute Gasteiger partial charge is 0.382 e. The normalized spacial score (nSPS) is 13.5. The van der Waals surface area contributed by atoms with Crippen LogP contribution < -0.4 is 5.32 Å². The van der Waals surface area contributed by atoms with Crippen molar-refractivity contribution in [2.24, 2.45) is 0 Å². The molecule has 2 N–H and O–H groups in total. The molecule has 10 heteroatoms. The van der Waals surface area contributed by atoms with Gasteiger partial charge in [-0.3, -0.25) is 4.79 Å². The number of nitrogens with zero attached hydrogens (tertiary/aromatic N) is 4. The lowest BCUT2D eigenvalue weighted by atomic mass is 10.3. The van der Waals surface area contributed by atoms with Gasteiger partial charge < -0.3 is 10.4 Å². The van der Waals surface area contributed by atoms with Gasteiger partial charge in [0.05, 0.1) is 6.54 Å². The van der Waals surface area contributed by atoms with E-state index in [9.17, 15) is 18.0 Å². The van der Waals surface area contributed by atoms with Gasteiger partial charge in [0.1, 0.15) is 12.9 Å². The van der Waals surface area contributed by atoms with Crippen molar-refractivity contribution in [1.82, 2.24) is 25.5 Å². The summed E-state index contributed by atoms with van der Waals surface area (Å²) in [5, 5.41) is 20.3. The predicted molar refractivity (Wildman–Crippen MR) is 42.9 cm³/mol. The van der Waals surface area contributed by atoms with E-state index in [1.165, 1.54) is 0 Å². The van der Waals surface area contributed by atoms with Crippen molar-refractivity contribution in [3.05, 3.63) is 6.33 Å². The van der Waals surface area contributed by atoms with Crippen LogP contribution in [0.2, 0.25) is 0 Å². The second kappa shape index (κ2) is 4.88. The number of nitrogens with one attached hydrogen (secondary N) is 1. The Morgan fingerprint density at radius 2 is 2.25 bits per heavy atom. The average molecular weight is 239 g/mol. The number of carbonyl (C=O) groups is 1. The van der Waals surface area contributed by atoms with E-state index in [0.29, 0.717) is 0 Å². The summed E-state index contributed by atoms with van der Waals surface area (Å²) < 4.78 is 36.6. The molecular weight excluding hydrogens is 231 g/mol. The molecule has 1 atom stereocenters. The number of aromatic nitrogens is 4. The summed E-state index contributed by atoms with van der Waals surface area (Å²) in [5.41, 5.74) is 0. The van der Waals surface area contributed by atoms with Gasteiger partial charge in [0.25, 0.3) is 0 Å². The molecule has 0 aliphatic heterocycles. The van der Waals surface area contributed by atoms with Crippen LogP contribution in [0, 0.1) is 0 Å². The lowest BCUT2D eigenvalue weighted by Crippen LogP contribution is -2.41. The third-order valence-corrected chi connectivity index (χ3v) is 1.57. The maximum Gasteiger partial charge on any atom is 0.416 e.